The van der Waals surface area contributed by atoms with Crippen LogP contribution in [0.15, 0.2) is 24.8 Å². The lowest BCUT2D eigenvalue weighted by atomic mass is 10.1. The van der Waals surface area contributed by atoms with Gasteiger partial charge >= 0.3 is 0 Å². The Hall–Kier alpha value is -1.75. The summed E-state index contributed by atoms with van der Waals surface area (Å²) in [5, 5.41) is 8.36. The molecule has 0 radical (unpaired) electrons. The second kappa shape index (κ2) is 4.32. The molecule has 0 spiro atoms. The molecule has 0 amide bonds. The van der Waals surface area contributed by atoms with Crippen LogP contribution >= 0.6 is 0 Å². The topological polar surface area (TPSA) is 33.0 Å². The Balaban J connectivity index is 2.95. The number of aryl methyl sites for hydroxylation is 1. The van der Waals surface area contributed by atoms with Crippen LogP contribution in [0.25, 0.3) is 6.08 Å². The molecule has 13 heavy (non-hydrogen) atoms. The van der Waals surface area contributed by atoms with Gasteiger partial charge in [-0.2, -0.15) is 5.26 Å². The van der Waals surface area contributed by atoms with Gasteiger partial charge in [0.2, 0.25) is 0 Å². The Labute approximate surface area is 78.1 Å². The van der Waals surface area contributed by atoms with Crippen molar-refractivity contribution in [3.8, 4) is 11.8 Å². The number of benzene rings is 1. The van der Waals surface area contributed by atoms with Gasteiger partial charge in [0.15, 0.2) is 6.61 Å². The monoisotopic (exact) mass is 173 g/mol. The molecule has 0 saturated carbocycles. The summed E-state index contributed by atoms with van der Waals surface area (Å²) in [5.74, 6) is 0.719. The highest BCUT2D eigenvalue weighted by atomic mass is 16.5. The molecule has 66 valence electrons. The van der Waals surface area contributed by atoms with E-state index in [-0.39, 0.29) is 6.61 Å². The molecule has 0 aliphatic carbocycles. The van der Waals surface area contributed by atoms with Crippen molar-refractivity contribution in [3.63, 3.8) is 0 Å². The molecule has 1 rings (SSSR count). The van der Waals surface area contributed by atoms with Crippen molar-refractivity contribution in [1.29, 1.82) is 5.26 Å². The minimum Gasteiger partial charge on any atom is -0.478 e. The zero-order valence-corrected chi connectivity index (χ0v) is 7.58. The first-order chi connectivity index (χ1) is 6.27. The fourth-order valence-electron chi connectivity index (χ4n) is 1.05. The average molecular weight is 173 g/mol. The maximum Gasteiger partial charge on any atom is 0.174 e. The summed E-state index contributed by atoms with van der Waals surface area (Å²) < 4.78 is 5.23. The molecule has 1 aromatic carbocycles. The van der Waals surface area contributed by atoms with E-state index < -0.39 is 0 Å². The van der Waals surface area contributed by atoms with E-state index in [1.807, 2.05) is 31.2 Å². The van der Waals surface area contributed by atoms with Gasteiger partial charge < -0.3 is 4.74 Å². The lowest BCUT2D eigenvalue weighted by Crippen LogP contribution is -1.95. The highest BCUT2D eigenvalue weighted by Gasteiger charge is 1.99. The normalized spacial score (nSPS) is 8.92. The smallest absolute Gasteiger partial charge is 0.174 e. The number of hydrogen-bond donors (Lipinski definition) is 0. The molecule has 0 aromatic heterocycles. The largest absolute Gasteiger partial charge is 0.478 e. The fourth-order valence-corrected chi connectivity index (χ4v) is 1.05. The van der Waals surface area contributed by atoms with Gasteiger partial charge in [-0.15, -0.1) is 0 Å². The summed E-state index contributed by atoms with van der Waals surface area (Å²) in [6.07, 6.45) is 1.71. The van der Waals surface area contributed by atoms with Crippen LogP contribution in [0.2, 0.25) is 0 Å². The van der Waals surface area contributed by atoms with Crippen LogP contribution in [0.3, 0.4) is 0 Å². The van der Waals surface area contributed by atoms with Crippen LogP contribution in [-0.2, 0) is 0 Å². The first kappa shape index (κ1) is 9.34. The predicted octanol–water partition coefficient (Wildman–Crippen LogP) is 2.54. The Kier molecular flexibility index (Phi) is 3.10. The van der Waals surface area contributed by atoms with E-state index in [0.29, 0.717) is 0 Å². The summed E-state index contributed by atoms with van der Waals surface area (Å²) in [7, 11) is 0. The van der Waals surface area contributed by atoms with Crippen molar-refractivity contribution in [3.05, 3.63) is 35.9 Å². The third-order valence-corrected chi connectivity index (χ3v) is 1.68. The maximum absolute atomic E-state index is 8.36. The SMILES string of the molecule is C=Cc1ccc(C)cc1OCC#N. The zero-order valence-electron chi connectivity index (χ0n) is 7.58. The molecule has 2 nitrogen and oxygen atoms in total. The molecule has 0 aliphatic rings. The van der Waals surface area contributed by atoms with Gasteiger partial charge in [-0.05, 0) is 18.6 Å². The minimum absolute atomic E-state index is 0.0737. The van der Waals surface area contributed by atoms with E-state index in [0.717, 1.165) is 16.9 Å². The number of nitriles is 1. The van der Waals surface area contributed by atoms with Gasteiger partial charge in [0.25, 0.3) is 0 Å². The van der Waals surface area contributed by atoms with Crippen molar-refractivity contribution in [2.45, 2.75) is 6.92 Å². The summed E-state index contributed by atoms with van der Waals surface area (Å²) in [6.45, 7) is 5.72. The van der Waals surface area contributed by atoms with Crippen molar-refractivity contribution >= 4 is 6.08 Å². The Bertz CT molecular complexity index is 350. The predicted molar refractivity (Wildman–Crippen MR) is 52.4 cm³/mol. The molecule has 2 heteroatoms. The average Bonchev–Trinajstić information content (AvgIpc) is 2.15. The Morgan fingerprint density at radius 3 is 3.00 bits per heavy atom. The molecule has 1 aromatic rings. The van der Waals surface area contributed by atoms with Crippen molar-refractivity contribution in [2.24, 2.45) is 0 Å². The van der Waals surface area contributed by atoms with Crippen LogP contribution in [-0.4, -0.2) is 6.61 Å². The molecule has 0 saturated heterocycles. The summed E-state index contributed by atoms with van der Waals surface area (Å²) in [4.78, 5) is 0. The molecule has 0 N–H and O–H groups in total. The summed E-state index contributed by atoms with van der Waals surface area (Å²) >= 11 is 0. The molecular weight excluding hydrogens is 162 g/mol. The first-order valence-electron chi connectivity index (χ1n) is 4.00. The number of nitrogens with zero attached hydrogens (tertiary/aromatic N) is 1. The van der Waals surface area contributed by atoms with E-state index in [4.69, 9.17) is 10.00 Å². The van der Waals surface area contributed by atoms with Crippen LogP contribution in [0.1, 0.15) is 11.1 Å². The van der Waals surface area contributed by atoms with E-state index in [1.165, 1.54) is 0 Å². The van der Waals surface area contributed by atoms with E-state index in [2.05, 4.69) is 6.58 Å². The van der Waals surface area contributed by atoms with Gasteiger partial charge in [0, 0.05) is 5.56 Å². The third kappa shape index (κ3) is 2.34. The summed E-state index contributed by atoms with van der Waals surface area (Å²) in [6, 6.07) is 7.74. The molecular formula is C11H11NO. The Morgan fingerprint density at radius 2 is 2.38 bits per heavy atom. The second-order valence-corrected chi connectivity index (χ2v) is 2.69. The number of hydrogen-bond acceptors (Lipinski definition) is 2. The van der Waals surface area contributed by atoms with Crippen molar-refractivity contribution in [1.82, 2.24) is 0 Å². The van der Waals surface area contributed by atoms with Crippen molar-refractivity contribution in [2.75, 3.05) is 6.61 Å². The third-order valence-electron chi connectivity index (χ3n) is 1.68. The van der Waals surface area contributed by atoms with Gasteiger partial charge in [-0.1, -0.05) is 24.8 Å². The quantitative estimate of drug-likeness (QED) is 0.703. The number of ether oxygens (including phenoxy) is 1. The van der Waals surface area contributed by atoms with E-state index >= 15 is 0 Å². The fraction of sp³-hybridized carbons (Fsp3) is 0.182. The van der Waals surface area contributed by atoms with E-state index in [1.54, 1.807) is 6.08 Å². The van der Waals surface area contributed by atoms with Gasteiger partial charge in [-0.3, -0.25) is 0 Å². The molecule has 0 atom stereocenters. The molecule has 0 unspecified atom stereocenters. The zero-order chi connectivity index (χ0) is 9.68. The van der Waals surface area contributed by atoms with E-state index in [9.17, 15) is 0 Å². The molecule has 0 heterocycles. The Morgan fingerprint density at radius 1 is 1.62 bits per heavy atom. The van der Waals surface area contributed by atoms with Gasteiger partial charge in [-0.25, -0.2) is 0 Å². The van der Waals surface area contributed by atoms with Crippen LogP contribution in [0.4, 0.5) is 0 Å². The van der Waals surface area contributed by atoms with Gasteiger partial charge in [0.1, 0.15) is 11.8 Å². The summed E-state index contributed by atoms with van der Waals surface area (Å²) in [5.41, 5.74) is 2.03. The minimum atomic E-state index is 0.0737. The first-order valence-corrected chi connectivity index (χ1v) is 4.00. The molecule has 0 aliphatic heterocycles. The highest BCUT2D eigenvalue weighted by molar-refractivity contribution is 5.56. The standard InChI is InChI=1S/C11H11NO/c1-3-10-5-4-9(2)8-11(10)13-7-6-12/h3-5,8H,1,7H2,2H3. The van der Waals surface area contributed by atoms with Crippen molar-refractivity contribution < 1.29 is 4.74 Å². The van der Waals surface area contributed by atoms with Crippen LogP contribution in [0.5, 0.6) is 5.75 Å². The molecule has 0 fully saturated rings. The second-order valence-electron chi connectivity index (χ2n) is 2.69. The van der Waals surface area contributed by atoms with Crippen LogP contribution < -0.4 is 4.74 Å². The highest BCUT2D eigenvalue weighted by Crippen LogP contribution is 2.20. The number of rotatable bonds is 3. The lowest BCUT2D eigenvalue weighted by Gasteiger charge is -2.06. The maximum atomic E-state index is 8.36. The van der Waals surface area contributed by atoms with Gasteiger partial charge in [0.05, 0.1) is 0 Å². The van der Waals surface area contributed by atoms with Crippen LogP contribution in [0, 0.1) is 18.3 Å². The molecule has 0 bridgehead atoms. The lowest BCUT2D eigenvalue weighted by molar-refractivity contribution is 0.367.